The summed E-state index contributed by atoms with van der Waals surface area (Å²) in [5.41, 5.74) is 11.5. The maximum atomic E-state index is 13.9. The molecule has 0 aliphatic rings. The van der Waals surface area contributed by atoms with E-state index in [1.165, 1.54) is 18.2 Å². The summed E-state index contributed by atoms with van der Waals surface area (Å²) < 4.78 is 32.5. The van der Waals surface area contributed by atoms with Gasteiger partial charge in [0.2, 0.25) is 0 Å². The SMILES string of the molecule is Cc1ccc(Oc2c(N)cc(N)c(Cl)c2F)cc1F. The lowest BCUT2D eigenvalue weighted by atomic mass is 10.2. The summed E-state index contributed by atoms with van der Waals surface area (Å²) in [5, 5.41) is -0.281. The lowest BCUT2D eigenvalue weighted by Gasteiger charge is -2.12. The Bertz CT molecular complexity index is 647. The van der Waals surface area contributed by atoms with E-state index >= 15 is 0 Å². The van der Waals surface area contributed by atoms with Crippen molar-refractivity contribution < 1.29 is 13.5 Å². The van der Waals surface area contributed by atoms with Gasteiger partial charge in [-0.15, -0.1) is 0 Å². The summed E-state index contributed by atoms with van der Waals surface area (Å²) in [5.74, 6) is -1.49. The van der Waals surface area contributed by atoms with Crippen molar-refractivity contribution in [3.05, 3.63) is 46.5 Å². The molecule has 0 unspecified atom stereocenters. The highest BCUT2D eigenvalue weighted by Gasteiger charge is 2.16. The minimum Gasteiger partial charge on any atom is -0.452 e. The molecule has 0 bridgehead atoms. The van der Waals surface area contributed by atoms with Crippen molar-refractivity contribution in [2.45, 2.75) is 6.92 Å². The van der Waals surface area contributed by atoms with Gasteiger partial charge in [-0.1, -0.05) is 17.7 Å². The van der Waals surface area contributed by atoms with E-state index in [-0.39, 0.29) is 27.9 Å². The van der Waals surface area contributed by atoms with Crippen LogP contribution in [0, 0.1) is 18.6 Å². The highest BCUT2D eigenvalue weighted by Crippen LogP contribution is 2.38. The van der Waals surface area contributed by atoms with E-state index in [2.05, 4.69) is 0 Å². The number of aryl methyl sites for hydroxylation is 1. The van der Waals surface area contributed by atoms with E-state index in [9.17, 15) is 8.78 Å². The summed E-state index contributed by atoms with van der Waals surface area (Å²) in [6, 6.07) is 5.43. The average Bonchev–Trinajstić information content (AvgIpc) is 2.36. The van der Waals surface area contributed by atoms with Crippen LogP contribution in [0.2, 0.25) is 5.02 Å². The number of ether oxygens (including phenoxy) is 1. The molecule has 0 saturated carbocycles. The Hall–Kier alpha value is -2.01. The first kappa shape index (κ1) is 13.4. The van der Waals surface area contributed by atoms with E-state index in [4.69, 9.17) is 27.8 Å². The molecule has 0 amide bonds. The highest BCUT2D eigenvalue weighted by atomic mass is 35.5. The van der Waals surface area contributed by atoms with Crippen molar-refractivity contribution in [3.63, 3.8) is 0 Å². The molecule has 6 heteroatoms. The van der Waals surface area contributed by atoms with Crippen LogP contribution in [0.25, 0.3) is 0 Å². The number of hydrogen-bond donors (Lipinski definition) is 2. The molecule has 0 saturated heterocycles. The normalized spacial score (nSPS) is 10.5. The zero-order valence-corrected chi connectivity index (χ0v) is 10.8. The van der Waals surface area contributed by atoms with Gasteiger partial charge in [0.05, 0.1) is 11.4 Å². The van der Waals surface area contributed by atoms with Crippen molar-refractivity contribution in [2.75, 3.05) is 11.5 Å². The molecule has 0 atom stereocenters. The molecule has 0 radical (unpaired) electrons. The van der Waals surface area contributed by atoms with Gasteiger partial charge in [-0.3, -0.25) is 0 Å². The van der Waals surface area contributed by atoms with Crippen LogP contribution >= 0.6 is 11.6 Å². The maximum absolute atomic E-state index is 13.9. The quantitative estimate of drug-likeness (QED) is 0.823. The second kappa shape index (κ2) is 4.93. The molecule has 3 nitrogen and oxygen atoms in total. The Balaban J connectivity index is 2.43. The Morgan fingerprint density at radius 2 is 1.79 bits per heavy atom. The summed E-state index contributed by atoms with van der Waals surface area (Å²) in [4.78, 5) is 0. The minimum atomic E-state index is -0.875. The van der Waals surface area contributed by atoms with E-state index < -0.39 is 11.6 Å². The van der Waals surface area contributed by atoms with Gasteiger partial charge in [0, 0.05) is 6.07 Å². The zero-order chi connectivity index (χ0) is 14.2. The molecule has 19 heavy (non-hydrogen) atoms. The van der Waals surface area contributed by atoms with Crippen LogP contribution in [0.15, 0.2) is 24.3 Å². The fourth-order valence-corrected chi connectivity index (χ4v) is 1.65. The van der Waals surface area contributed by atoms with Crippen molar-refractivity contribution in [3.8, 4) is 11.5 Å². The fourth-order valence-electron chi connectivity index (χ4n) is 1.51. The molecule has 100 valence electrons. The Labute approximate surface area is 113 Å². The van der Waals surface area contributed by atoms with E-state index in [1.807, 2.05) is 0 Å². The summed E-state index contributed by atoms with van der Waals surface area (Å²) in [6.45, 7) is 1.61. The molecule has 0 aliphatic heterocycles. The third kappa shape index (κ3) is 2.56. The van der Waals surface area contributed by atoms with Crippen LogP contribution in [0.1, 0.15) is 5.56 Å². The lowest BCUT2D eigenvalue weighted by Crippen LogP contribution is -2.00. The van der Waals surface area contributed by atoms with Crippen LogP contribution in [0.4, 0.5) is 20.2 Å². The first-order valence-corrected chi connectivity index (χ1v) is 5.75. The molecular weight excluding hydrogens is 274 g/mol. The Morgan fingerprint density at radius 1 is 1.11 bits per heavy atom. The number of nitrogens with two attached hydrogens (primary N) is 2. The number of nitrogen functional groups attached to an aromatic ring is 2. The standard InChI is InChI=1S/C13H11ClF2N2O/c1-6-2-3-7(4-8(6)15)19-13-10(18)5-9(17)11(14)12(13)16/h2-5H,17-18H2,1H3. The molecule has 4 N–H and O–H groups in total. The molecule has 0 aliphatic carbocycles. The van der Waals surface area contributed by atoms with Crippen LogP contribution < -0.4 is 16.2 Å². The Morgan fingerprint density at radius 3 is 2.42 bits per heavy atom. The molecular formula is C13H11ClF2N2O. The van der Waals surface area contributed by atoms with Gasteiger partial charge in [-0.05, 0) is 24.6 Å². The third-order valence-corrected chi connectivity index (χ3v) is 2.97. The molecule has 0 heterocycles. The largest absolute Gasteiger partial charge is 0.452 e. The van der Waals surface area contributed by atoms with Gasteiger partial charge in [0.25, 0.3) is 0 Å². The van der Waals surface area contributed by atoms with Crippen molar-refractivity contribution in [1.29, 1.82) is 0 Å². The van der Waals surface area contributed by atoms with E-state index in [0.717, 1.165) is 6.07 Å². The Kier molecular flexibility index (Phi) is 3.48. The number of rotatable bonds is 2. The van der Waals surface area contributed by atoms with Crippen LogP contribution in [0.5, 0.6) is 11.5 Å². The molecule has 2 rings (SSSR count). The summed E-state index contributed by atoms with van der Waals surface area (Å²) in [7, 11) is 0. The average molecular weight is 285 g/mol. The van der Waals surface area contributed by atoms with Crippen LogP contribution in [-0.4, -0.2) is 0 Å². The van der Waals surface area contributed by atoms with Crippen LogP contribution in [0.3, 0.4) is 0 Å². The second-order valence-electron chi connectivity index (χ2n) is 4.03. The second-order valence-corrected chi connectivity index (χ2v) is 4.40. The predicted molar refractivity (Wildman–Crippen MR) is 71.4 cm³/mol. The third-order valence-electron chi connectivity index (χ3n) is 2.58. The summed E-state index contributed by atoms with van der Waals surface area (Å²) in [6.07, 6.45) is 0. The van der Waals surface area contributed by atoms with Gasteiger partial charge in [-0.25, -0.2) is 8.78 Å². The van der Waals surface area contributed by atoms with E-state index in [0.29, 0.717) is 5.56 Å². The zero-order valence-electron chi connectivity index (χ0n) is 10.0. The smallest absolute Gasteiger partial charge is 0.188 e. The van der Waals surface area contributed by atoms with Gasteiger partial charge in [0.1, 0.15) is 16.6 Å². The van der Waals surface area contributed by atoms with Gasteiger partial charge in [-0.2, -0.15) is 0 Å². The van der Waals surface area contributed by atoms with E-state index in [1.54, 1.807) is 6.92 Å². The molecule has 0 spiro atoms. The van der Waals surface area contributed by atoms with Gasteiger partial charge >= 0.3 is 0 Å². The molecule has 0 aromatic heterocycles. The summed E-state index contributed by atoms with van der Waals surface area (Å²) >= 11 is 5.67. The highest BCUT2D eigenvalue weighted by molar-refractivity contribution is 6.33. The van der Waals surface area contributed by atoms with Gasteiger partial charge in [0.15, 0.2) is 11.6 Å². The topological polar surface area (TPSA) is 61.3 Å². The molecule has 2 aromatic carbocycles. The van der Waals surface area contributed by atoms with Gasteiger partial charge < -0.3 is 16.2 Å². The fraction of sp³-hybridized carbons (Fsp3) is 0.0769. The maximum Gasteiger partial charge on any atom is 0.188 e. The predicted octanol–water partition coefficient (Wildman–Crippen LogP) is 3.88. The molecule has 2 aromatic rings. The van der Waals surface area contributed by atoms with Crippen molar-refractivity contribution >= 4 is 23.0 Å². The number of halogens is 3. The van der Waals surface area contributed by atoms with Crippen molar-refractivity contribution in [2.24, 2.45) is 0 Å². The number of anilines is 2. The number of hydrogen-bond acceptors (Lipinski definition) is 3. The first-order chi connectivity index (χ1) is 8.90. The van der Waals surface area contributed by atoms with Crippen LogP contribution in [-0.2, 0) is 0 Å². The minimum absolute atomic E-state index is 0.0131. The number of benzene rings is 2. The molecule has 0 fully saturated rings. The monoisotopic (exact) mass is 284 g/mol. The first-order valence-electron chi connectivity index (χ1n) is 5.37. The van der Waals surface area contributed by atoms with Crippen molar-refractivity contribution in [1.82, 2.24) is 0 Å². The lowest BCUT2D eigenvalue weighted by molar-refractivity contribution is 0.441.